The smallest absolute Gasteiger partial charge is 0.272 e. The predicted molar refractivity (Wildman–Crippen MR) is 76.9 cm³/mol. The highest BCUT2D eigenvalue weighted by Crippen LogP contribution is 2.40. The van der Waals surface area contributed by atoms with Crippen molar-refractivity contribution in [3.05, 3.63) is 34.1 Å². The molecule has 21 heavy (non-hydrogen) atoms. The fourth-order valence-electron chi connectivity index (χ4n) is 3.47. The van der Waals surface area contributed by atoms with Crippen LogP contribution in [0.5, 0.6) is 0 Å². The molecule has 1 N–H and O–H groups in total. The molecule has 0 radical (unpaired) electrons. The summed E-state index contributed by atoms with van der Waals surface area (Å²) in [4.78, 5) is 10.0. The summed E-state index contributed by atoms with van der Waals surface area (Å²) in [6.45, 7) is 0.687. The van der Waals surface area contributed by atoms with E-state index in [1.807, 2.05) is 0 Å². The summed E-state index contributed by atoms with van der Waals surface area (Å²) in [5.74, 6) is -0.573. The number of nitrogens with zero attached hydrogens (tertiary/aromatic N) is 1. The van der Waals surface area contributed by atoms with Crippen LogP contribution in [0.2, 0.25) is 0 Å². The lowest BCUT2D eigenvalue weighted by Gasteiger charge is -2.39. The van der Waals surface area contributed by atoms with E-state index in [4.69, 9.17) is 4.74 Å². The van der Waals surface area contributed by atoms with Crippen LogP contribution in [-0.4, -0.2) is 23.2 Å². The first-order valence-electron chi connectivity index (χ1n) is 7.42. The van der Waals surface area contributed by atoms with Crippen molar-refractivity contribution in [1.82, 2.24) is 0 Å². The highest BCUT2D eigenvalue weighted by molar-refractivity contribution is 5.50. The van der Waals surface area contributed by atoms with Crippen LogP contribution in [0.4, 0.5) is 15.8 Å². The first kappa shape index (κ1) is 14.3. The van der Waals surface area contributed by atoms with Crippen molar-refractivity contribution in [2.24, 2.45) is 0 Å². The molecular formula is C15H19FN2O3. The van der Waals surface area contributed by atoms with Gasteiger partial charge in [0, 0.05) is 18.7 Å². The number of anilines is 1. The Morgan fingerprint density at radius 1 is 1.38 bits per heavy atom. The average Bonchev–Trinajstić information content (AvgIpc) is 2.89. The van der Waals surface area contributed by atoms with Crippen molar-refractivity contribution < 1.29 is 14.1 Å². The van der Waals surface area contributed by atoms with Crippen molar-refractivity contribution in [3.8, 4) is 0 Å². The van der Waals surface area contributed by atoms with Crippen LogP contribution < -0.4 is 5.32 Å². The number of rotatable bonds is 3. The summed E-state index contributed by atoms with van der Waals surface area (Å²) in [6, 6.07) is 3.90. The Labute approximate surface area is 122 Å². The summed E-state index contributed by atoms with van der Waals surface area (Å²) in [5.41, 5.74) is 0.0746. The lowest BCUT2D eigenvalue weighted by atomic mass is 9.89. The molecule has 0 amide bonds. The van der Waals surface area contributed by atoms with Crippen molar-refractivity contribution in [3.63, 3.8) is 0 Å². The molecule has 1 aliphatic heterocycles. The van der Waals surface area contributed by atoms with Crippen molar-refractivity contribution in [1.29, 1.82) is 0 Å². The first-order valence-corrected chi connectivity index (χ1v) is 7.42. The molecule has 1 saturated carbocycles. The van der Waals surface area contributed by atoms with E-state index in [9.17, 15) is 14.5 Å². The second kappa shape index (κ2) is 5.60. The Bertz CT molecular complexity index is 544. The van der Waals surface area contributed by atoms with Crippen LogP contribution in [0.15, 0.2) is 18.2 Å². The van der Waals surface area contributed by atoms with Crippen LogP contribution in [0.3, 0.4) is 0 Å². The minimum atomic E-state index is -0.588. The van der Waals surface area contributed by atoms with Gasteiger partial charge in [-0.3, -0.25) is 10.1 Å². The van der Waals surface area contributed by atoms with Gasteiger partial charge in [0.15, 0.2) is 5.82 Å². The van der Waals surface area contributed by atoms with E-state index in [-0.39, 0.29) is 17.3 Å². The minimum absolute atomic E-state index is 0.0346. The van der Waals surface area contributed by atoms with Gasteiger partial charge in [-0.15, -0.1) is 0 Å². The molecule has 1 saturated heterocycles. The van der Waals surface area contributed by atoms with Gasteiger partial charge in [0.1, 0.15) is 0 Å². The van der Waals surface area contributed by atoms with Gasteiger partial charge >= 0.3 is 0 Å². The van der Waals surface area contributed by atoms with Crippen LogP contribution in [0.25, 0.3) is 0 Å². The first-order chi connectivity index (χ1) is 10.1. The number of nitrogens with one attached hydrogen (secondary N) is 1. The third-order valence-corrected chi connectivity index (χ3v) is 4.53. The molecular weight excluding hydrogens is 275 g/mol. The maximum atomic E-state index is 13.9. The molecule has 1 aromatic rings. The Morgan fingerprint density at radius 2 is 2.14 bits per heavy atom. The number of nitro groups is 1. The van der Waals surface area contributed by atoms with Gasteiger partial charge in [0.05, 0.1) is 22.3 Å². The Balaban J connectivity index is 1.70. The second-order valence-corrected chi connectivity index (χ2v) is 5.99. The van der Waals surface area contributed by atoms with E-state index in [0.717, 1.165) is 31.7 Å². The van der Waals surface area contributed by atoms with Crippen LogP contribution in [0, 0.1) is 15.9 Å². The number of halogens is 1. The Hall–Kier alpha value is -1.69. The molecule has 1 aliphatic carbocycles. The highest BCUT2D eigenvalue weighted by atomic mass is 19.1. The van der Waals surface area contributed by atoms with Crippen molar-refractivity contribution in [2.45, 2.75) is 50.2 Å². The Morgan fingerprint density at radius 3 is 2.81 bits per heavy atom. The largest absolute Gasteiger partial charge is 0.380 e. The zero-order valence-electron chi connectivity index (χ0n) is 11.8. The molecule has 114 valence electrons. The molecule has 1 atom stereocenters. The third-order valence-electron chi connectivity index (χ3n) is 4.53. The molecule has 3 rings (SSSR count). The molecule has 0 bridgehead atoms. The Kier molecular flexibility index (Phi) is 3.80. The molecule has 1 unspecified atom stereocenters. The van der Waals surface area contributed by atoms with Gasteiger partial charge in [-0.1, -0.05) is 12.8 Å². The van der Waals surface area contributed by atoms with E-state index in [1.165, 1.54) is 25.0 Å². The fourth-order valence-corrected chi connectivity index (χ4v) is 3.47. The normalized spacial score (nSPS) is 24.1. The molecule has 2 aliphatic rings. The van der Waals surface area contributed by atoms with E-state index in [1.54, 1.807) is 0 Å². The number of non-ortho nitro benzene ring substituents is 1. The van der Waals surface area contributed by atoms with E-state index < -0.39 is 10.7 Å². The summed E-state index contributed by atoms with van der Waals surface area (Å²) < 4.78 is 19.9. The topological polar surface area (TPSA) is 64.4 Å². The number of benzene rings is 1. The maximum Gasteiger partial charge on any atom is 0.272 e. The van der Waals surface area contributed by atoms with E-state index in [2.05, 4.69) is 5.32 Å². The summed E-state index contributed by atoms with van der Waals surface area (Å²) in [7, 11) is 0. The van der Waals surface area contributed by atoms with Crippen molar-refractivity contribution >= 4 is 11.4 Å². The van der Waals surface area contributed by atoms with Crippen LogP contribution in [0.1, 0.15) is 38.5 Å². The number of hydrogen-bond acceptors (Lipinski definition) is 4. The number of ether oxygens (including phenoxy) is 1. The zero-order chi connectivity index (χ0) is 14.9. The second-order valence-electron chi connectivity index (χ2n) is 5.99. The summed E-state index contributed by atoms with van der Waals surface area (Å²) in [6.07, 6.45) is 6.25. The number of hydrogen-bond donors (Lipinski definition) is 1. The summed E-state index contributed by atoms with van der Waals surface area (Å²) in [5, 5.41) is 13.8. The monoisotopic (exact) mass is 294 g/mol. The molecule has 5 nitrogen and oxygen atoms in total. The lowest BCUT2D eigenvalue weighted by molar-refractivity contribution is -0.385. The third kappa shape index (κ3) is 3.00. The molecule has 0 aromatic heterocycles. The lowest BCUT2D eigenvalue weighted by Crippen LogP contribution is -2.42. The maximum absolute atomic E-state index is 13.9. The van der Waals surface area contributed by atoms with Gasteiger partial charge in [-0.05, 0) is 31.7 Å². The molecule has 1 aromatic carbocycles. The number of nitro benzene ring substituents is 1. The SMILES string of the molecule is O=[N+]([O-])c1ccc(NC2CCOC3(CCCC3)C2)c(F)c1. The van der Waals surface area contributed by atoms with Crippen LogP contribution in [-0.2, 0) is 4.74 Å². The molecule has 6 heteroatoms. The van der Waals surface area contributed by atoms with E-state index in [0.29, 0.717) is 12.3 Å². The predicted octanol–water partition coefficient (Wildman–Crippen LogP) is 3.64. The zero-order valence-corrected chi connectivity index (χ0v) is 11.8. The fraction of sp³-hybridized carbons (Fsp3) is 0.600. The quantitative estimate of drug-likeness (QED) is 0.683. The van der Waals surface area contributed by atoms with Crippen molar-refractivity contribution in [2.75, 3.05) is 11.9 Å². The standard InChI is InChI=1S/C15H19FN2O3/c16-13-9-12(18(19)20)3-4-14(13)17-11-5-8-21-15(10-11)6-1-2-7-15/h3-4,9,11,17H,1-2,5-8,10H2. The van der Waals surface area contributed by atoms with E-state index >= 15 is 0 Å². The molecule has 1 heterocycles. The highest BCUT2D eigenvalue weighted by Gasteiger charge is 2.40. The molecule has 1 spiro atoms. The average molecular weight is 294 g/mol. The van der Waals surface area contributed by atoms with Gasteiger partial charge in [-0.2, -0.15) is 0 Å². The minimum Gasteiger partial charge on any atom is -0.380 e. The summed E-state index contributed by atoms with van der Waals surface area (Å²) >= 11 is 0. The van der Waals surface area contributed by atoms with Crippen LogP contribution >= 0.6 is 0 Å². The molecule has 2 fully saturated rings. The van der Waals surface area contributed by atoms with Gasteiger partial charge in [-0.25, -0.2) is 4.39 Å². The van der Waals surface area contributed by atoms with Gasteiger partial charge in [0.2, 0.25) is 0 Å². The van der Waals surface area contributed by atoms with Gasteiger partial charge < -0.3 is 10.1 Å². The van der Waals surface area contributed by atoms with Gasteiger partial charge in [0.25, 0.3) is 5.69 Å².